The average Bonchev–Trinajstić information content (AvgIpc) is 2.44. The minimum Gasteiger partial charge on any atom is -0.466 e. The zero-order valence-electron chi connectivity index (χ0n) is 12.9. The van der Waals surface area contributed by atoms with Crippen LogP contribution in [-0.4, -0.2) is 54.3 Å². The first-order chi connectivity index (χ1) is 12.0. The number of alkyl halides is 15. The maximum Gasteiger partial charge on any atom is 0.460 e. The van der Waals surface area contributed by atoms with Gasteiger partial charge in [-0.05, 0) is 6.92 Å². The first-order valence-electron chi connectivity index (χ1n) is 6.45. The number of esters is 1. The normalized spacial score (nSPS) is 15.6. The Morgan fingerprint density at radius 1 is 0.607 bits per heavy atom. The summed E-state index contributed by atoms with van der Waals surface area (Å²) in [4.78, 5) is 10.7. The highest BCUT2D eigenvalue weighted by atomic mass is 19.4. The molecule has 0 amide bonds. The first kappa shape index (κ1) is 26.4. The molecule has 0 fully saturated rings. The Morgan fingerprint density at radius 3 is 1.25 bits per heavy atom. The quantitative estimate of drug-likeness (QED) is 0.366. The van der Waals surface area contributed by atoms with Gasteiger partial charge in [-0.25, -0.2) is 0 Å². The summed E-state index contributed by atoms with van der Waals surface area (Å²) in [6.07, 6.45) is -10.8. The molecule has 0 bridgehead atoms. The van der Waals surface area contributed by atoms with E-state index in [1.165, 1.54) is 0 Å². The number of hydrogen-bond donors (Lipinski definition) is 0. The molecule has 0 aliphatic heterocycles. The van der Waals surface area contributed by atoms with Crippen LogP contribution in [-0.2, 0) is 9.53 Å². The Balaban J connectivity index is 6.35. The molecule has 2 nitrogen and oxygen atoms in total. The molecular formula is C11H7F15O2. The molecule has 0 radical (unpaired) electrons. The highest BCUT2D eigenvalue weighted by Crippen LogP contribution is 2.62. The Morgan fingerprint density at radius 2 is 0.929 bits per heavy atom. The molecule has 28 heavy (non-hydrogen) atoms. The number of carbonyl (C=O) groups excluding carboxylic acids is 1. The van der Waals surface area contributed by atoms with E-state index in [2.05, 4.69) is 4.74 Å². The molecule has 0 atom stereocenters. The van der Waals surface area contributed by atoms with Crippen LogP contribution in [0, 0.1) is 0 Å². The third-order valence-electron chi connectivity index (χ3n) is 3.06. The van der Waals surface area contributed by atoms with E-state index in [-0.39, 0.29) is 0 Å². The predicted molar refractivity (Wildman–Crippen MR) is 57.0 cm³/mol. The fourth-order valence-corrected chi connectivity index (χ4v) is 1.50. The summed E-state index contributed by atoms with van der Waals surface area (Å²) in [7, 11) is 0. The molecule has 0 aliphatic rings. The van der Waals surface area contributed by atoms with E-state index in [0.717, 1.165) is 6.92 Å². The van der Waals surface area contributed by atoms with Crippen molar-refractivity contribution in [3.63, 3.8) is 0 Å². The standard InChI is InChI=1S/C11H7F15O2/c1-2-28-4(27)3-5(12,13)6(14,15)7(16,17)8(18,19)9(20,21)10(22,23)11(24,25)26/h2-3H2,1H3. The SMILES string of the molecule is CCOC(=O)CC(F)(F)C(F)(F)C(F)(F)C(F)(F)C(F)(F)C(F)(F)C(F)(F)F. The summed E-state index contributed by atoms with van der Waals surface area (Å²) in [5, 5.41) is 0. The van der Waals surface area contributed by atoms with Gasteiger partial charge in [-0.15, -0.1) is 0 Å². The van der Waals surface area contributed by atoms with Gasteiger partial charge in [-0.1, -0.05) is 0 Å². The lowest BCUT2D eigenvalue weighted by atomic mass is 9.90. The van der Waals surface area contributed by atoms with E-state index in [9.17, 15) is 70.7 Å². The molecule has 0 N–H and O–H groups in total. The van der Waals surface area contributed by atoms with Crippen LogP contribution >= 0.6 is 0 Å². The molecule has 17 heteroatoms. The zero-order valence-corrected chi connectivity index (χ0v) is 12.9. The minimum atomic E-state index is -8.36. The smallest absolute Gasteiger partial charge is 0.460 e. The molecule has 0 unspecified atom stereocenters. The van der Waals surface area contributed by atoms with Crippen LogP contribution in [0.2, 0.25) is 0 Å². The van der Waals surface area contributed by atoms with Crippen molar-refractivity contribution in [1.29, 1.82) is 0 Å². The van der Waals surface area contributed by atoms with Crippen molar-refractivity contribution >= 4 is 5.97 Å². The summed E-state index contributed by atoms with van der Waals surface area (Å²) >= 11 is 0. The minimum absolute atomic E-state index is 0.817. The highest BCUT2D eigenvalue weighted by molar-refractivity contribution is 5.70. The van der Waals surface area contributed by atoms with E-state index in [4.69, 9.17) is 0 Å². The van der Waals surface area contributed by atoms with Crippen molar-refractivity contribution in [2.24, 2.45) is 0 Å². The molecule has 0 aromatic heterocycles. The third kappa shape index (κ3) is 3.67. The van der Waals surface area contributed by atoms with Gasteiger partial charge in [0.15, 0.2) is 0 Å². The van der Waals surface area contributed by atoms with Gasteiger partial charge in [-0.3, -0.25) is 4.79 Å². The lowest BCUT2D eigenvalue weighted by Gasteiger charge is -2.41. The zero-order chi connectivity index (χ0) is 23.2. The lowest BCUT2D eigenvalue weighted by molar-refractivity contribution is -0.452. The molecule has 0 spiro atoms. The van der Waals surface area contributed by atoms with Crippen LogP contribution in [0.25, 0.3) is 0 Å². The second kappa shape index (κ2) is 7.03. The largest absolute Gasteiger partial charge is 0.466 e. The van der Waals surface area contributed by atoms with Crippen LogP contribution in [0.1, 0.15) is 13.3 Å². The van der Waals surface area contributed by atoms with Crippen molar-refractivity contribution in [1.82, 2.24) is 0 Å². The van der Waals surface area contributed by atoms with E-state index < -0.39 is 60.7 Å². The molecule has 168 valence electrons. The Hall–Kier alpha value is -1.58. The van der Waals surface area contributed by atoms with Crippen LogP contribution in [0.3, 0.4) is 0 Å². The average molecular weight is 456 g/mol. The van der Waals surface area contributed by atoms with Gasteiger partial charge in [0.25, 0.3) is 0 Å². The summed E-state index contributed by atoms with van der Waals surface area (Å²) in [5.41, 5.74) is 0. The fourth-order valence-electron chi connectivity index (χ4n) is 1.50. The molecular weight excluding hydrogens is 449 g/mol. The van der Waals surface area contributed by atoms with Gasteiger partial charge in [-0.2, -0.15) is 65.9 Å². The van der Waals surface area contributed by atoms with Gasteiger partial charge < -0.3 is 4.74 Å². The van der Waals surface area contributed by atoms with Crippen LogP contribution < -0.4 is 0 Å². The second-order valence-corrected chi connectivity index (χ2v) is 5.06. The van der Waals surface area contributed by atoms with Crippen molar-refractivity contribution in [2.45, 2.75) is 55.1 Å². The van der Waals surface area contributed by atoms with Crippen molar-refractivity contribution < 1.29 is 75.4 Å². The number of ether oxygens (including phenoxy) is 1. The monoisotopic (exact) mass is 456 g/mol. The first-order valence-corrected chi connectivity index (χ1v) is 6.45. The lowest BCUT2D eigenvalue weighted by Crippen LogP contribution is -2.72. The van der Waals surface area contributed by atoms with Gasteiger partial charge in [0.2, 0.25) is 0 Å². The molecule has 0 aromatic rings. The molecule has 0 heterocycles. The predicted octanol–water partition coefficient (Wildman–Crippen LogP) is 5.31. The molecule has 0 saturated carbocycles. The van der Waals surface area contributed by atoms with Crippen LogP contribution in [0.4, 0.5) is 65.9 Å². The maximum absolute atomic E-state index is 13.2. The van der Waals surface area contributed by atoms with E-state index >= 15 is 0 Å². The van der Waals surface area contributed by atoms with Crippen molar-refractivity contribution in [3.8, 4) is 0 Å². The summed E-state index contributed by atoms with van der Waals surface area (Å²) in [6, 6.07) is 0. The van der Waals surface area contributed by atoms with Gasteiger partial charge in [0.1, 0.15) is 6.42 Å². The van der Waals surface area contributed by atoms with Crippen LogP contribution in [0.15, 0.2) is 0 Å². The van der Waals surface area contributed by atoms with E-state index in [1.54, 1.807) is 0 Å². The molecule has 0 saturated heterocycles. The molecule has 0 aliphatic carbocycles. The maximum atomic E-state index is 13.2. The van der Waals surface area contributed by atoms with Gasteiger partial charge in [0, 0.05) is 0 Å². The number of hydrogen-bond acceptors (Lipinski definition) is 2. The summed E-state index contributed by atoms with van der Waals surface area (Å²) in [6.45, 7) is 0.0691. The van der Waals surface area contributed by atoms with Crippen LogP contribution in [0.5, 0.6) is 0 Å². The fraction of sp³-hybridized carbons (Fsp3) is 0.909. The molecule has 0 rings (SSSR count). The highest BCUT2D eigenvalue weighted by Gasteiger charge is 2.93. The number of halogens is 15. The van der Waals surface area contributed by atoms with E-state index in [0.29, 0.717) is 0 Å². The van der Waals surface area contributed by atoms with Gasteiger partial charge >= 0.3 is 47.7 Å². The summed E-state index contributed by atoms with van der Waals surface area (Å²) < 4.78 is 196. The third-order valence-corrected chi connectivity index (χ3v) is 3.06. The Labute approximate surface area is 144 Å². The molecule has 0 aromatic carbocycles. The topological polar surface area (TPSA) is 26.3 Å². The summed E-state index contributed by atoms with van der Waals surface area (Å²) in [5.74, 6) is -49.6. The van der Waals surface area contributed by atoms with Crippen molar-refractivity contribution in [2.75, 3.05) is 6.61 Å². The Bertz CT molecular complexity index is 577. The number of carbonyl (C=O) groups is 1. The second-order valence-electron chi connectivity index (χ2n) is 5.06. The van der Waals surface area contributed by atoms with E-state index in [1.807, 2.05) is 0 Å². The van der Waals surface area contributed by atoms with Gasteiger partial charge in [0.05, 0.1) is 6.61 Å². The Kier molecular flexibility index (Phi) is 6.64. The number of rotatable bonds is 8. The van der Waals surface area contributed by atoms with Crippen molar-refractivity contribution in [3.05, 3.63) is 0 Å².